The van der Waals surface area contributed by atoms with Crippen LogP contribution in [0, 0.1) is 0 Å². The molecule has 3 rings (SSSR count). The minimum atomic E-state index is 0.135. The van der Waals surface area contributed by atoms with Gasteiger partial charge < -0.3 is 9.80 Å². The number of carbonyl (C=O) groups is 1. The number of hydrogen-bond acceptors (Lipinski definition) is 2. The van der Waals surface area contributed by atoms with Crippen molar-refractivity contribution in [2.24, 2.45) is 0 Å². The molecule has 1 aliphatic rings. The van der Waals surface area contributed by atoms with Crippen LogP contribution in [0.15, 0.2) is 60.7 Å². The molecule has 1 saturated carbocycles. The van der Waals surface area contributed by atoms with Gasteiger partial charge in [0.25, 0.3) is 5.91 Å². The molecule has 0 aromatic heterocycles. The van der Waals surface area contributed by atoms with Crippen LogP contribution in [0.2, 0.25) is 0 Å². The highest BCUT2D eigenvalue weighted by molar-refractivity contribution is 5.94. The van der Waals surface area contributed by atoms with Crippen LogP contribution in [0.3, 0.4) is 0 Å². The van der Waals surface area contributed by atoms with Crippen molar-refractivity contribution < 1.29 is 4.79 Å². The normalized spacial score (nSPS) is 23.0. The van der Waals surface area contributed by atoms with Gasteiger partial charge >= 0.3 is 0 Å². The molecule has 3 heteroatoms. The van der Waals surface area contributed by atoms with Gasteiger partial charge in [-0.25, -0.2) is 0 Å². The first-order chi connectivity index (χ1) is 12.5. The molecule has 3 nitrogen and oxygen atoms in total. The van der Waals surface area contributed by atoms with Crippen LogP contribution in [0.1, 0.15) is 41.6 Å². The van der Waals surface area contributed by atoms with Crippen LogP contribution in [-0.2, 0) is 6.42 Å². The van der Waals surface area contributed by atoms with E-state index in [-0.39, 0.29) is 11.4 Å². The van der Waals surface area contributed by atoms with Gasteiger partial charge in [0.2, 0.25) is 0 Å². The molecule has 0 saturated heterocycles. The lowest BCUT2D eigenvalue weighted by molar-refractivity contribution is 0.0469. The van der Waals surface area contributed by atoms with Gasteiger partial charge in [-0.2, -0.15) is 0 Å². The maximum atomic E-state index is 12.7. The molecule has 1 aliphatic carbocycles. The van der Waals surface area contributed by atoms with Crippen molar-refractivity contribution in [3.8, 4) is 0 Å². The van der Waals surface area contributed by atoms with Crippen molar-refractivity contribution in [1.29, 1.82) is 0 Å². The second-order valence-electron chi connectivity index (χ2n) is 7.79. The molecule has 2 aromatic rings. The molecule has 138 valence electrons. The summed E-state index contributed by atoms with van der Waals surface area (Å²) in [5.74, 6) is 0.135. The molecule has 26 heavy (non-hydrogen) atoms. The monoisotopic (exact) mass is 350 g/mol. The summed E-state index contributed by atoms with van der Waals surface area (Å²) in [6.07, 6.45) is 5.42. The molecular formula is C23H30N2O. The topological polar surface area (TPSA) is 23.6 Å². The van der Waals surface area contributed by atoms with E-state index >= 15 is 0 Å². The average molecular weight is 351 g/mol. The molecule has 0 bridgehead atoms. The molecule has 0 unspecified atom stereocenters. The number of hydrogen-bond donors (Lipinski definition) is 0. The number of benzene rings is 2. The lowest BCUT2D eigenvalue weighted by Crippen LogP contribution is -2.52. The highest BCUT2D eigenvalue weighted by Gasteiger charge is 2.39. The van der Waals surface area contributed by atoms with Crippen LogP contribution < -0.4 is 0 Å². The highest BCUT2D eigenvalue weighted by Crippen LogP contribution is 2.37. The van der Waals surface area contributed by atoms with Crippen LogP contribution in [0.25, 0.3) is 0 Å². The summed E-state index contributed by atoms with van der Waals surface area (Å²) in [5.41, 5.74) is 2.37. The number of carbonyl (C=O) groups excluding carboxylic acids is 1. The third-order valence-corrected chi connectivity index (χ3v) is 6.10. The highest BCUT2D eigenvalue weighted by atomic mass is 16.2. The predicted molar refractivity (Wildman–Crippen MR) is 107 cm³/mol. The van der Waals surface area contributed by atoms with Crippen molar-refractivity contribution in [3.63, 3.8) is 0 Å². The number of likely N-dealkylation sites (N-methyl/N-ethyl adjacent to an activating group) is 1. The van der Waals surface area contributed by atoms with E-state index < -0.39 is 0 Å². The van der Waals surface area contributed by atoms with Gasteiger partial charge in [0.15, 0.2) is 0 Å². The fourth-order valence-corrected chi connectivity index (χ4v) is 4.24. The quantitative estimate of drug-likeness (QED) is 0.805. The van der Waals surface area contributed by atoms with Crippen LogP contribution >= 0.6 is 0 Å². The molecule has 0 heterocycles. The van der Waals surface area contributed by atoms with E-state index in [1.54, 1.807) is 0 Å². The summed E-state index contributed by atoms with van der Waals surface area (Å²) in [4.78, 5) is 17.1. The molecular weight excluding hydrogens is 320 g/mol. The SMILES string of the molecule is CN(C(=O)c1ccccc1)C1CCC(Cc2ccccc2)(N(C)C)CC1. The van der Waals surface area contributed by atoms with Crippen LogP contribution in [0.5, 0.6) is 0 Å². The van der Waals surface area contributed by atoms with Gasteiger partial charge in [0.1, 0.15) is 0 Å². The van der Waals surface area contributed by atoms with Gasteiger partial charge in [0, 0.05) is 24.2 Å². The van der Waals surface area contributed by atoms with Crippen LogP contribution in [-0.4, -0.2) is 48.4 Å². The number of rotatable bonds is 5. The van der Waals surface area contributed by atoms with Crippen molar-refractivity contribution in [2.45, 2.75) is 43.7 Å². The van der Waals surface area contributed by atoms with Gasteiger partial charge in [-0.15, -0.1) is 0 Å². The second-order valence-corrected chi connectivity index (χ2v) is 7.79. The van der Waals surface area contributed by atoms with Gasteiger partial charge in [-0.05, 0) is 63.9 Å². The Labute approximate surface area is 157 Å². The minimum Gasteiger partial charge on any atom is -0.339 e. The van der Waals surface area contributed by atoms with Crippen molar-refractivity contribution in [2.75, 3.05) is 21.1 Å². The molecule has 0 aliphatic heterocycles. The Hall–Kier alpha value is -2.13. The summed E-state index contributed by atoms with van der Waals surface area (Å²) < 4.78 is 0. The lowest BCUT2D eigenvalue weighted by atomic mass is 9.74. The third-order valence-electron chi connectivity index (χ3n) is 6.10. The largest absolute Gasteiger partial charge is 0.339 e. The Morgan fingerprint density at radius 2 is 1.46 bits per heavy atom. The van der Waals surface area contributed by atoms with E-state index in [0.717, 1.165) is 37.7 Å². The smallest absolute Gasteiger partial charge is 0.253 e. The molecule has 1 amide bonds. The first-order valence-electron chi connectivity index (χ1n) is 9.55. The summed E-state index contributed by atoms with van der Waals surface area (Å²) in [6.45, 7) is 0. The Morgan fingerprint density at radius 1 is 0.923 bits per heavy atom. The van der Waals surface area contributed by atoms with Gasteiger partial charge in [-0.3, -0.25) is 4.79 Å². The molecule has 0 N–H and O–H groups in total. The average Bonchev–Trinajstić information content (AvgIpc) is 2.69. The Morgan fingerprint density at radius 3 is 2.00 bits per heavy atom. The molecule has 2 aromatic carbocycles. The summed E-state index contributed by atoms with van der Waals surface area (Å²) in [6, 6.07) is 20.7. The fourth-order valence-electron chi connectivity index (χ4n) is 4.24. The lowest BCUT2D eigenvalue weighted by Gasteiger charge is -2.47. The zero-order chi connectivity index (χ0) is 18.6. The standard InChI is InChI=1S/C23H30N2O/c1-24(2)23(18-19-10-6-4-7-11-19)16-14-21(15-17-23)25(3)22(26)20-12-8-5-9-13-20/h4-13,21H,14-18H2,1-3H3. The van der Waals surface area contributed by atoms with E-state index in [2.05, 4.69) is 49.3 Å². The Balaban J connectivity index is 1.67. The third kappa shape index (κ3) is 3.99. The maximum absolute atomic E-state index is 12.7. The number of amides is 1. The van der Waals surface area contributed by atoms with E-state index in [1.807, 2.05) is 42.3 Å². The zero-order valence-corrected chi connectivity index (χ0v) is 16.2. The van der Waals surface area contributed by atoms with Crippen molar-refractivity contribution in [1.82, 2.24) is 9.80 Å². The Kier molecular flexibility index (Phi) is 5.77. The molecule has 0 radical (unpaired) electrons. The predicted octanol–water partition coefficient (Wildman–Crippen LogP) is 4.24. The van der Waals surface area contributed by atoms with E-state index in [9.17, 15) is 4.79 Å². The van der Waals surface area contributed by atoms with Crippen LogP contribution in [0.4, 0.5) is 0 Å². The Bertz CT molecular complexity index is 704. The second kappa shape index (κ2) is 8.05. The first kappa shape index (κ1) is 18.7. The van der Waals surface area contributed by atoms with Crippen molar-refractivity contribution >= 4 is 5.91 Å². The first-order valence-corrected chi connectivity index (χ1v) is 9.55. The molecule has 0 atom stereocenters. The van der Waals surface area contributed by atoms with Gasteiger partial charge in [0.05, 0.1) is 0 Å². The summed E-state index contributed by atoms with van der Waals surface area (Å²) in [7, 11) is 6.35. The van der Waals surface area contributed by atoms with E-state index in [0.29, 0.717) is 6.04 Å². The molecule has 0 spiro atoms. The van der Waals surface area contributed by atoms with E-state index in [4.69, 9.17) is 0 Å². The summed E-state index contributed by atoms with van der Waals surface area (Å²) in [5, 5.41) is 0. The van der Waals surface area contributed by atoms with Gasteiger partial charge in [-0.1, -0.05) is 48.5 Å². The molecule has 1 fully saturated rings. The zero-order valence-electron chi connectivity index (χ0n) is 16.2. The number of nitrogens with zero attached hydrogens (tertiary/aromatic N) is 2. The van der Waals surface area contributed by atoms with E-state index in [1.165, 1.54) is 5.56 Å². The summed E-state index contributed by atoms with van der Waals surface area (Å²) >= 11 is 0. The minimum absolute atomic E-state index is 0.135. The maximum Gasteiger partial charge on any atom is 0.253 e. The fraction of sp³-hybridized carbons (Fsp3) is 0.435. The van der Waals surface area contributed by atoms with Crippen molar-refractivity contribution in [3.05, 3.63) is 71.8 Å².